The van der Waals surface area contributed by atoms with Crippen molar-refractivity contribution in [1.29, 1.82) is 5.26 Å². The molecule has 0 atom stereocenters. The molecule has 0 radical (unpaired) electrons. The molecule has 8 rings (SSSR count). The summed E-state index contributed by atoms with van der Waals surface area (Å²) < 4.78 is 48.1. The van der Waals surface area contributed by atoms with E-state index in [9.17, 15) is 18.4 Å². The lowest BCUT2D eigenvalue weighted by Gasteiger charge is -2.21. The SMILES string of the molecule is Cc1cccc2c1c1ccccc1n2-c1cc(-c2ccccc2C(F)(F)F)c(-n2c3ccccc3c3c(C)cccc32)cc1C#N. The first-order valence-corrected chi connectivity index (χ1v) is 15.0. The number of aromatic nitrogens is 2. The molecular formula is C40H26F3N3. The molecule has 0 saturated carbocycles. The Balaban J connectivity index is 1.57. The average molecular weight is 606 g/mol. The molecule has 2 heterocycles. The number of rotatable bonds is 3. The summed E-state index contributed by atoms with van der Waals surface area (Å²) in [6.45, 7) is 4.08. The summed E-state index contributed by atoms with van der Waals surface area (Å²) in [6.07, 6.45) is -4.59. The van der Waals surface area contributed by atoms with Crippen molar-refractivity contribution in [3.8, 4) is 28.6 Å². The van der Waals surface area contributed by atoms with Crippen molar-refractivity contribution < 1.29 is 13.2 Å². The third-order valence-electron chi connectivity index (χ3n) is 9.05. The van der Waals surface area contributed by atoms with Crippen LogP contribution in [0.3, 0.4) is 0 Å². The van der Waals surface area contributed by atoms with E-state index in [4.69, 9.17) is 0 Å². The van der Waals surface area contributed by atoms with Crippen molar-refractivity contribution in [3.05, 3.63) is 144 Å². The number of benzene rings is 6. The van der Waals surface area contributed by atoms with E-state index in [1.165, 1.54) is 12.1 Å². The highest BCUT2D eigenvalue weighted by molar-refractivity contribution is 6.12. The van der Waals surface area contributed by atoms with Crippen molar-refractivity contribution in [1.82, 2.24) is 9.13 Å². The van der Waals surface area contributed by atoms with Crippen LogP contribution in [0.15, 0.2) is 121 Å². The summed E-state index contributed by atoms with van der Waals surface area (Å²) in [5.41, 5.74) is 6.67. The van der Waals surface area contributed by atoms with E-state index in [1.54, 1.807) is 18.2 Å². The highest BCUT2D eigenvalue weighted by atomic mass is 19.4. The lowest BCUT2D eigenvalue weighted by Crippen LogP contribution is -2.09. The summed E-state index contributed by atoms with van der Waals surface area (Å²) in [5.74, 6) is 0. The number of halogens is 3. The Kier molecular flexibility index (Phi) is 6.10. The van der Waals surface area contributed by atoms with Gasteiger partial charge in [-0.05, 0) is 73.0 Å². The first-order chi connectivity index (χ1) is 22.3. The van der Waals surface area contributed by atoms with E-state index in [0.29, 0.717) is 22.5 Å². The van der Waals surface area contributed by atoms with Gasteiger partial charge >= 0.3 is 6.18 Å². The number of aryl methyl sites for hydroxylation is 2. The zero-order chi connectivity index (χ0) is 31.7. The van der Waals surface area contributed by atoms with Crippen molar-refractivity contribution >= 4 is 43.6 Å². The van der Waals surface area contributed by atoms with Gasteiger partial charge in [0, 0.05) is 27.1 Å². The molecule has 6 heteroatoms. The van der Waals surface area contributed by atoms with Gasteiger partial charge in [-0.25, -0.2) is 0 Å². The van der Waals surface area contributed by atoms with Crippen LogP contribution in [-0.4, -0.2) is 9.13 Å². The van der Waals surface area contributed by atoms with Crippen LogP contribution in [0.1, 0.15) is 22.3 Å². The molecule has 46 heavy (non-hydrogen) atoms. The fourth-order valence-electron chi connectivity index (χ4n) is 7.13. The van der Waals surface area contributed by atoms with Crippen molar-refractivity contribution in [2.24, 2.45) is 0 Å². The second-order valence-corrected chi connectivity index (χ2v) is 11.7. The molecule has 0 aliphatic rings. The first kappa shape index (κ1) is 27.7. The largest absolute Gasteiger partial charge is 0.417 e. The van der Waals surface area contributed by atoms with E-state index in [2.05, 4.69) is 6.07 Å². The first-order valence-electron chi connectivity index (χ1n) is 15.0. The minimum absolute atomic E-state index is 0.0475. The molecule has 0 fully saturated rings. The Labute approximate surface area is 263 Å². The lowest BCUT2D eigenvalue weighted by molar-refractivity contribution is -0.137. The van der Waals surface area contributed by atoms with E-state index in [1.807, 2.05) is 108 Å². The smallest absolute Gasteiger partial charge is 0.309 e. The molecule has 0 bridgehead atoms. The number of hydrogen-bond donors (Lipinski definition) is 0. The molecular weight excluding hydrogens is 579 g/mol. The maximum Gasteiger partial charge on any atom is 0.417 e. The van der Waals surface area contributed by atoms with Crippen LogP contribution in [0, 0.1) is 25.2 Å². The fourth-order valence-corrected chi connectivity index (χ4v) is 7.13. The number of nitrogens with zero attached hydrogens (tertiary/aromatic N) is 3. The topological polar surface area (TPSA) is 33.6 Å². The molecule has 0 N–H and O–H groups in total. The van der Waals surface area contributed by atoms with Crippen LogP contribution in [0.2, 0.25) is 0 Å². The second-order valence-electron chi connectivity index (χ2n) is 11.7. The number of para-hydroxylation sites is 2. The van der Waals surface area contributed by atoms with Crippen molar-refractivity contribution in [2.75, 3.05) is 0 Å². The summed E-state index contributed by atoms with van der Waals surface area (Å²) in [7, 11) is 0. The maximum atomic E-state index is 14.7. The maximum absolute atomic E-state index is 14.7. The zero-order valence-electron chi connectivity index (χ0n) is 25.0. The van der Waals surface area contributed by atoms with Gasteiger partial charge in [0.2, 0.25) is 0 Å². The van der Waals surface area contributed by atoms with Gasteiger partial charge in [0.1, 0.15) is 6.07 Å². The number of hydrogen-bond acceptors (Lipinski definition) is 1. The molecule has 0 aliphatic carbocycles. The van der Waals surface area contributed by atoms with E-state index < -0.39 is 11.7 Å². The van der Waals surface area contributed by atoms with Crippen LogP contribution < -0.4 is 0 Å². The molecule has 3 nitrogen and oxygen atoms in total. The summed E-state index contributed by atoms with van der Waals surface area (Å²) in [6, 6.07) is 39.4. The third-order valence-corrected chi connectivity index (χ3v) is 9.05. The molecule has 0 spiro atoms. The average Bonchev–Trinajstić information content (AvgIpc) is 3.58. The molecule has 8 aromatic rings. The minimum atomic E-state index is -4.59. The van der Waals surface area contributed by atoms with Gasteiger partial charge in [0.25, 0.3) is 0 Å². The Hall–Kier alpha value is -5.80. The minimum Gasteiger partial charge on any atom is -0.309 e. The summed E-state index contributed by atoms with van der Waals surface area (Å²) >= 11 is 0. The number of fused-ring (bicyclic) bond motifs is 6. The van der Waals surface area contributed by atoms with E-state index >= 15 is 0 Å². The second kappa shape index (κ2) is 10.1. The van der Waals surface area contributed by atoms with Crippen LogP contribution in [0.4, 0.5) is 13.2 Å². The molecule has 0 amide bonds. The van der Waals surface area contributed by atoms with Crippen molar-refractivity contribution in [2.45, 2.75) is 20.0 Å². The Morgan fingerprint density at radius 2 is 1.04 bits per heavy atom. The molecule has 2 aromatic heterocycles. The van der Waals surface area contributed by atoms with Crippen LogP contribution >= 0.6 is 0 Å². The Bertz CT molecular complexity index is 2560. The molecule has 0 saturated heterocycles. The van der Waals surface area contributed by atoms with Gasteiger partial charge < -0.3 is 9.13 Å². The number of alkyl halides is 3. The Morgan fingerprint density at radius 3 is 1.61 bits per heavy atom. The lowest BCUT2D eigenvalue weighted by atomic mass is 9.95. The van der Waals surface area contributed by atoms with Crippen LogP contribution in [0.25, 0.3) is 66.1 Å². The van der Waals surface area contributed by atoms with Gasteiger partial charge in [-0.1, -0.05) is 78.9 Å². The van der Waals surface area contributed by atoms with Gasteiger partial charge in [-0.15, -0.1) is 0 Å². The van der Waals surface area contributed by atoms with Gasteiger partial charge in [-0.2, -0.15) is 18.4 Å². The quantitative estimate of drug-likeness (QED) is 0.197. The normalized spacial score (nSPS) is 12.0. The van der Waals surface area contributed by atoms with E-state index in [-0.39, 0.29) is 5.56 Å². The highest BCUT2D eigenvalue weighted by Crippen LogP contribution is 2.44. The fraction of sp³-hybridized carbons (Fsp3) is 0.0750. The third kappa shape index (κ3) is 3.98. The number of nitriles is 1. The van der Waals surface area contributed by atoms with Gasteiger partial charge in [0.15, 0.2) is 0 Å². The standard InChI is InChI=1S/C40H26F3N3/c1-24-11-9-19-34-38(24)28-14-4-7-17-32(28)45(34)36-22-30(27-13-3-6-16-31(27)40(41,42)43)37(21-26(36)23-44)46-33-18-8-5-15-29(33)39-25(2)12-10-20-35(39)46/h3-22H,1-2H3. The predicted octanol–water partition coefficient (Wildman–Crippen LogP) is 11.1. The monoisotopic (exact) mass is 605 g/mol. The Morgan fingerprint density at radius 1 is 0.543 bits per heavy atom. The zero-order valence-corrected chi connectivity index (χ0v) is 25.0. The molecule has 222 valence electrons. The molecule has 0 unspecified atom stereocenters. The highest BCUT2D eigenvalue weighted by Gasteiger charge is 2.34. The molecule has 0 aliphatic heterocycles. The van der Waals surface area contributed by atoms with Crippen LogP contribution in [-0.2, 0) is 6.18 Å². The van der Waals surface area contributed by atoms with Gasteiger partial charge in [-0.3, -0.25) is 0 Å². The van der Waals surface area contributed by atoms with Crippen LogP contribution in [0.5, 0.6) is 0 Å². The summed E-state index contributed by atoms with van der Waals surface area (Å²) in [5, 5.41) is 14.8. The molecule has 6 aromatic carbocycles. The van der Waals surface area contributed by atoms with Crippen molar-refractivity contribution in [3.63, 3.8) is 0 Å². The van der Waals surface area contributed by atoms with E-state index in [0.717, 1.165) is 60.8 Å². The summed E-state index contributed by atoms with van der Waals surface area (Å²) in [4.78, 5) is 0. The van der Waals surface area contributed by atoms with Gasteiger partial charge in [0.05, 0.1) is 44.6 Å². The predicted molar refractivity (Wildman–Crippen MR) is 180 cm³/mol.